The number of aryl methyl sites for hydroxylation is 1. The number of fused-ring (bicyclic) bond motifs is 2. The summed E-state index contributed by atoms with van der Waals surface area (Å²) in [4.78, 5) is 27.8. The van der Waals surface area contributed by atoms with E-state index in [0.29, 0.717) is 37.4 Å². The van der Waals surface area contributed by atoms with Gasteiger partial charge >= 0.3 is 6.09 Å². The number of amides is 1. The molecular formula is C24H27NO5. The van der Waals surface area contributed by atoms with E-state index in [1.165, 1.54) is 0 Å². The molecule has 1 amide bonds. The minimum absolute atomic E-state index is 0.0704. The SMILES string of the molecule is COc1cc(C)ccc1C(=O)C1CC2COCC(C1)N2C(=O)OCc1ccccc1. The molecule has 2 aromatic carbocycles. The molecule has 2 fully saturated rings. The largest absolute Gasteiger partial charge is 0.496 e. The van der Waals surface area contributed by atoms with Gasteiger partial charge in [0, 0.05) is 5.92 Å². The first-order valence-corrected chi connectivity index (χ1v) is 10.3. The molecule has 6 heteroatoms. The first kappa shape index (κ1) is 20.4. The van der Waals surface area contributed by atoms with Crippen LogP contribution in [0.1, 0.15) is 34.3 Å². The molecule has 0 N–H and O–H groups in total. The smallest absolute Gasteiger partial charge is 0.410 e. The highest BCUT2D eigenvalue weighted by molar-refractivity contribution is 6.00. The normalized spacial score (nSPS) is 23.0. The average Bonchev–Trinajstić information content (AvgIpc) is 2.76. The molecular weight excluding hydrogens is 382 g/mol. The van der Waals surface area contributed by atoms with Crippen molar-refractivity contribution in [2.75, 3.05) is 20.3 Å². The molecule has 0 saturated carbocycles. The van der Waals surface area contributed by atoms with Crippen molar-refractivity contribution in [3.63, 3.8) is 0 Å². The molecule has 2 aliphatic heterocycles. The summed E-state index contributed by atoms with van der Waals surface area (Å²) in [7, 11) is 1.58. The molecule has 2 saturated heterocycles. The summed E-state index contributed by atoms with van der Waals surface area (Å²) in [5.41, 5.74) is 2.60. The second-order valence-electron chi connectivity index (χ2n) is 8.03. The van der Waals surface area contributed by atoms with E-state index in [1.807, 2.05) is 55.5 Å². The van der Waals surface area contributed by atoms with Crippen molar-refractivity contribution in [2.45, 2.75) is 38.5 Å². The van der Waals surface area contributed by atoms with Gasteiger partial charge in [-0.2, -0.15) is 0 Å². The molecule has 2 bridgehead atoms. The van der Waals surface area contributed by atoms with Crippen LogP contribution in [0.3, 0.4) is 0 Å². The maximum Gasteiger partial charge on any atom is 0.410 e. The molecule has 0 spiro atoms. The predicted molar refractivity (Wildman–Crippen MR) is 112 cm³/mol. The fraction of sp³-hybridized carbons (Fsp3) is 0.417. The van der Waals surface area contributed by atoms with Gasteiger partial charge < -0.3 is 14.2 Å². The van der Waals surface area contributed by atoms with E-state index in [0.717, 1.165) is 11.1 Å². The third kappa shape index (κ3) is 4.19. The van der Waals surface area contributed by atoms with E-state index >= 15 is 0 Å². The third-order valence-corrected chi connectivity index (χ3v) is 5.93. The van der Waals surface area contributed by atoms with Crippen LogP contribution in [0.4, 0.5) is 4.79 Å². The Bertz CT molecular complexity index is 899. The number of methoxy groups -OCH3 is 1. The van der Waals surface area contributed by atoms with E-state index in [4.69, 9.17) is 14.2 Å². The molecule has 30 heavy (non-hydrogen) atoms. The zero-order valence-corrected chi connectivity index (χ0v) is 17.4. The number of morpholine rings is 1. The molecule has 2 aliphatic rings. The van der Waals surface area contributed by atoms with E-state index in [-0.39, 0.29) is 36.5 Å². The Balaban J connectivity index is 1.45. The maximum absolute atomic E-state index is 13.3. The number of carbonyl (C=O) groups is 2. The second-order valence-corrected chi connectivity index (χ2v) is 8.03. The van der Waals surface area contributed by atoms with Crippen molar-refractivity contribution >= 4 is 11.9 Å². The van der Waals surface area contributed by atoms with Crippen LogP contribution in [0, 0.1) is 12.8 Å². The number of Topliss-reactive ketones (excluding diaryl/α,β-unsaturated/α-hetero) is 1. The molecule has 2 unspecified atom stereocenters. The van der Waals surface area contributed by atoms with Gasteiger partial charge in [-0.05, 0) is 43.0 Å². The van der Waals surface area contributed by atoms with Crippen molar-refractivity contribution in [1.82, 2.24) is 4.90 Å². The number of ether oxygens (including phenoxy) is 3. The quantitative estimate of drug-likeness (QED) is 0.699. The maximum atomic E-state index is 13.3. The Kier molecular flexibility index (Phi) is 6.04. The number of benzene rings is 2. The van der Waals surface area contributed by atoms with Gasteiger partial charge in [-0.25, -0.2) is 4.79 Å². The monoisotopic (exact) mass is 409 g/mol. The van der Waals surface area contributed by atoms with E-state index in [1.54, 1.807) is 12.0 Å². The van der Waals surface area contributed by atoms with Gasteiger partial charge in [0.2, 0.25) is 0 Å². The van der Waals surface area contributed by atoms with Crippen LogP contribution in [0.15, 0.2) is 48.5 Å². The lowest BCUT2D eigenvalue weighted by Gasteiger charge is -2.47. The van der Waals surface area contributed by atoms with Gasteiger partial charge in [0.1, 0.15) is 12.4 Å². The Hall–Kier alpha value is -2.86. The summed E-state index contributed by atoms with van der Waals surface area (Å²) in [6, 6.07) is 14.9. The Morgan fingerprint density at radius 1 is 1.07 bits per heavy atom. The minimum Gasteiger partial charge on any atom is -0.496 e. The summed E-state index contributed by atoms with van der Waals surface area (Å²) < 4.78 is 16.7. The minimum atomic E-state index is -0.337. The van der Waals surface area contributed by atoms with Crippen LogP contribution in [-0.4, -0.2) is 49.2 Å². The van der Waals surface area contributed by atoms with Gasteiger partial charge in [0.25, 0.3) is 0 Å². The molecule has 0 aromatic heterocycles. The molecule has 0 aliphatic carbocycles. The zero-order chi connectivity index (χ0) is 21.1. The third-order valence-electron chi connectivity index (χ3n) is 5.93. The van der Waals surface area contributed by atoms with Crippen LogP contribution in [-0.2, 0) is 16.1 Å². The Morgan fingerprint density at radius 3 is 2.43 bits per heavy atom. The molecule has 158 valence electrons. The zero-order valence-electron chi connectivity index (χ0n) is 17.4. The lowest BCUT2D eigenvalue weighted by Crippen LogP contribution is -2.59. The van der Waals surface area contributed by atoms with Crippen molar-refractivity contribution in [2.24, 2.45) is 5.92 Å². The summed E-state index contributed by atoms with van der Waals surface area (Å²) in [5.74, 6) is 0.505. The van der Waals surface area contributed by atoms with Gasteiger partial charge in [-0.3, -0.25) is 9.69 Å². The number of nitrogens with zero attached hydrogens (tertiary/aromatic N) is 1. The van der Waals surface area contributed by atoms with Crippen molar-refractivity contribution in [3.05, 3.63) is 65.2 Å². The van der Waals surface area contributed by atoms with Crippen LogP contribution in [0.5, 0.6) is 5.75 Å². The molecule has 4 rings (SSSR count). The summed E-state index contributed by atoms with van der Waals surface area (Å²) >= 11 is 0. The van der Waals surface area contributed by atoms with Gasteiger partial charge in [0.15, 0.2) is 5.78 Å². The molecule has 2 aromatic rings. The highest BCUT2D eigenvalue weighted by Crippen LogP contribution is 2.35. The van der Waals surface area contributed by atoms with Crippen molar-refractivity contribution in [1.29, 1.82) is 0 Å². The summed E-state index contributed by atoms with van der Waals surface area (Å²) in [6.07, 6.45) is 0.788. The van der Waals surface area contributed by atoms with Crippen molar-refractivity contribution in [3.8, 4) is 5.75 Å². The molecule has 6 nitrogen and oxygen atoms in total. The summed E-state index contributed by atoms with van der Waals surface area (Å²) in [5, 5.41) is 0. The van der Waals surface area contributed by atoms with Crippen LogP contribution >= 0.6 is 0 Å². The van der Waals surface area contributed by atoms with Crippen molar-refractivity contribution < 1.29 is 23.8 Å². The predicted octanol–water partition coefficient (Wildman–Crippen LogP) is 4.00. The number of rotatable bonds is 5. The topological polar surface area (TPSA) is 65.1 Å². The first-order chi connectivity index (χ1) is 14.6. The average molecular weight is 409 g/mol. The van der Waals surface area contributed by atoms with E-state index < -0.39 is 0 Å². The van der Waals surface area contributed by atoms with Crippen LogP contribution < -0.4 is 4.74 Å². The number of piperidine rings is 1. The molecule has 2 heterocycles. The van der Waals surface area contributed by atoms with Crippen LogP contribution in [0.25, 0.3) is 0 Å². The first-order valence-electron chi connectivity index (χ1n) is 10.3. The number of ketones is 1. The summed E-state index contributed by atoms with van der Waals surface area (Å²) in [6.45, 7) is 3.05. The highest BCUT2D eigenvalue weighted by atomic mass is 16.6. The fourth-order valence-electron chi connectivity index (χ4n) is 4.44. The second kappa shape index (κ2) is 8.88. The standard InChI is InChI=1S/C24H27NO5/c1-16-8-9-21(22(10-16)28-2)23(26)18-11-19-14-29-15-20(12-18)25(19)24(27)30-13-17-6-4-3-5-7-17/h3-10,18-20H,11-15H2,1-2H3. The Morgan fingerprint density at radius 2 is 1.77 bits per heavy atom. The number of carbonyl (C=O) groups excluding carboxylic acids is 2. The van der Waals surface area contributed by atoms with Crippen LogP contribution in [0.2, 0.25) is 0 Å². The van der Waals surface area contributed by atoms with E-state index in [2.05, 4.69) is 0 Å². The van der Waals surface area contributed by atoms with Gasteiger partial charge in [0.05, 0.1) is 38.0 Å². The lowest BCUT2D eigenvalue weighted by molar-refractivity contribution is -0.0755. The number of hydrogen-bond donors (Lipinski definition) is 0. The highest BCUT2D eigenvalue weighted by Gasteiger charge is 2.44. The molecule has 2 atom stereocenters. The number of hydrogen-bond acceptors (Lipinski definition) is 5. The lowest BCUT2D eigenvalue weighted by atomic mass is 9.80. The van der Waals surface area contributed by atoms with Gasteiger partial charge in [-0.1, -0.05) is 36.4 Å². The fourth-order valence-corrected chi connectivity index (χ4v) is 4.44. The molecule has 0 radical (unpaired) electrons. The van der Waals surface area contributed by atoms with E-state index in [9.17, 15) is 9.59 Å². The van der Waals surface area contributed by atoms with Gasteiger partial charge in [-0.15, -0.1) is 0 Å². The Labute approximate surface area is 176 Å².